The minimum Gasteiger partial charge on any atom is -0.411 e. The first-order valence-electron chi connectivity index (χ1n) is 9.10. The van der Waals surface area contributed by atoms with Gasteiger partial charge in [0.25, 0.3) is 11.1 Å². The first-order chi connectivity index (χ1) is 14.1. The molecule has 1 amide bonds. The third kappa shape index (κ3) is 4.30. The van der Waals surface area contributed by atoms with Gasteiger partial charge in [-0.1, -0.05) is 66.4 Å². The zero-order chi connectivity index (χ0) is 20.2. The van der Waals surface area contributed by atoms with Gasteiger partial charge in [0.1, 0.15) is 5.82 Å². The Bertz CT molecular complexity index is 1160. The van der Waals surface area contributed by atoms with Crippen molar-refractivity contribution in [1.29, 1.82) is 0 Å². The van der Waals surface area contributed by atoms with Crippen molar-refractivity contribution < 1.29 is 13.6 Å². The normalized spacial score (nSPS) is 12.1. The van der Waals surface area contributed by atoms with E-state index in [2.05, 4.69) is 15.5 Å². The maximum Gasteiger partial charge on any atom is 0.277 e. The lowest BCUT2D eigenvalue weighted by atomic mass is 10.00. The molecule has 0 fully saturated rings. The molecule has 0 radical (unpaired) electrons. The molecule has 4 rings (SSSR count). The molecule has 0 saturated heterocycles. The van der Waals surface area contributed by atoms with E-state index in [1.54, 1.807) is 18.2 Å². The van der Waals surface area contributed by atoms with Gasteiger partial charge in [-0.05, 0) is 35.4 Å². The summed E-state index contributed by atoms with van der Waals surface area (Å²) in [6, 6.07) is 20.1. The highest BCUT2D eigenvalue weighted by Crippen LogP contribution is 2.26. The Kier molecular flexibility index (Phi) is 5.57. The summed E-state index contributed by atoms with van der Waals surface area (Å²) in [6.07, 6.45) is 0. The van der Waals surface area contributed by atoms with Crippen LogP contribution in [0.1, 0.15) is 18.5 Å². The Morgan fingerprint density at radius 3 is 2.69 bits per heavy atom. The molecule has 5 nitrogen and oxygen atoms in total. The molecule has 1 heterocycles. The van der Waals surface area contributed by atoms with Crippen LogP contribution in [0.2, 0.25) is 0 Å². The maximum absolute atomic E-state index is 13.8. The van der Waals surface area contributed by atoms with E-state index in [4.69, 9.17) is 4.42 Å². The lowest BCUT2D eigenvalue weighted by molar-refractivity contribution is -0.119. The Morgan fingerprint density at radius 1 is 1.07 bits per heavy atom. The molecule has 0 spiro atoms. The van der Waals surface area contributed by atoms with Crippen LogP contribution in [0.5, 0.6) is 0 Å². The predicted octanol–water partition coefficient (Wildman–Crippen LogP) is 5.00. The molecule has 1 atom stereocenters. The van der Waals surface area contributed by atoms with Crippen LogP contribution < -0.4 is 5.32 Å². The van der Waals surface area contributed by atoms with Gasteiger partial charge in [-0.3, -0.25) is 4.79 Å². The van der Waals surface area contributed by atoms with Crippen LogP contribution in [0, 0.1) is 5.82 Å². The molecule has 0 aliphatic heterocycles. The number of hydrogen-bond acceptors (Lipinski definition) is 5. The van der Waals surface area contributed by atoms with E-state index in [1.165, 1.54) is 6.07 Å². The SMILES string of the molecule is C[C@H](NC(=O)CSc1nnc(-c2ccccc2F)o1)c1cccc2ccccc12. The molecule has 146 valence electrons. The topological polar surface area (TPSA) is 68.0 Å². The van der Waals surface area contributed by atoms with Crippen molar-refractivity contribution in [3.05, 3.63) is 78.1 Å². The molecule has 0 saturated carbocycles. The Balaban J connectivity index is 1.39. The second kappa shape index (κ2) is 8.45. The zero-order valence-corrected chi connectivity index (χ0v) is 16.4. The fourth-order valence-electron chi connectivity index (χ4n) is 3.13. The van der Waals surface area contributed by atoms with E-state index in [-0.39, 0.29) is 34.4 Å². The Hall–Kier alpha value is -3.19. The van der Waals surface area contributed by atoms with Gasteiger partial charge in [-0.2, -0.15) is 0 Å². The maximum atomic E-state index is 13.8. The summed E-state index contributed by atoms with van der Waals surface area (Å²) in [7, 11) is 0. The smallest absolute Gasteiger partial charge is 0.277 e. The average Bonchev–Trinajstić information content (AvgIpc) is 3.21. The van der Waals surface area contributed by atoms with Gasteiger partial charge in [0, 0.05) is 0 Å². The van der Waals surface area contributed by atoms with Crippen LogP contribution in [0.25, 0.3) is 22.2 Å². The van der Waals surface area contributed by atoms with Gasteiger partial charge < -0.3 is 9.73 Å². The van der Waals surface area contributed by atoms with Crippen molar-refractivity contribution in [3.8, 4) is 11.5 Å². The second-order valence-electron chi connectivity index (χ2n) is 6.50. The Morgan fingerprint density at radius 2 is 1.83 bits per heavy atom. The molecule has 0 bridgehead atoms. The van der Waals surface area contributed by atoms with E-state index in [0.717, 1.165) is 28.1 Å². The number of carbonyl (C=O) groups is 1. The molecule has 1 aromatic heterocycles. The number of hydrogen-bond donors (Lipinski definition) is 1. The van der Waals surface area contributed by atoms with Crippen LogP contribution in [-0.4, -0.2) is 21.9 Å². The van der Waals surface area contributed by atoms with E-state index in [1.807, 2.05) is 49.4 Å². The fraction of sp³-hybridized carbons (Fsp3) is 0.136. The molecule has 0 aliphatic rings. The lowest BCUT2D eigenvalue weighted by Crippen LogP contribution is -2.28. The van der Waals surface area contributed by atoms with E-state index in [0.29, 0.717) is 0 Å². The number of fused-ring (bicyclic) bond motifs is 1. The highest BCUT2D eigenvalue weighted by molar-refractivity contribution is 7.99. The third-order valence-electron chi connectivity index (χ3n) is 4.50. The minimum absolute atomic E-state index is 0.0927. The van der Waals surface area contributed by atoms with Gasteiger partial charge in [0.15, 0.2) is 0 Å². The minimum atomic E-state index is -0.436. The molecule has 0 aliphatic carbocycles. The van der Waals surface area contributed by atoms with Crippen molar-refractivity contribution in [2.45, 2.75) is 18.2 Å². The van der Waals surface area contributed by atoms with Crippen molar-refractivity contribution in [2.24, 2.45) is 0 Å². The van der Waals surface area contributed by atoms with Crippen LogP contribution in [-0.2, 0) is 4.79 Å². The summed E-state index contributed by atoms with van der Waals surface area (Å²) in [5.41, 5.74) is 1.29. The number of carbonyl (C=O) groups excluding carboxylic acids is 1. The van der Waals surface area contributed by atoms with Crippen LogP contribution in [0.15, 0.2) is 76.4 Å². The van der Waals surface area contributed by atoms with Gasteiger partial charge in [-0.25, -0.2) is 4.39 Å². The molecule has 1 N–H and O–H groups in total. The van der Waals surface area contributed by atoms with E-state index in [9.17, 15) is 9.18 Å². The van der Waals surface area contributed by atoms with E-state index < -0.39 is 5.82 Å². The van der Waals surface area contributed by atoms with Crippen LogP contribution >= 0.6 is 11.8 Å². The number of halogens is 1. The summed E-state index contributed by atoms with van der Waals surface area (Å²) in [4.78, 5) is 12.4. The molecular weight excluding hydrogens is 389 g/mol. The number of amides is 1. The van der Waals surface area contributed by atoms with Gasteiger partial charge >= 0.3 is 0 Å². The van der Waals surface area contributed by atoms with Crippen molar-refractivity contribution in [1.82, 2.24) is 15.5 Å². The summed E-state index contributed by atoms with van der Waals surface area (Å²) in [6.45, 7) is 1.95. The van der Waals surface area contributed by atoms with Gasteiger partial charge in [0.05, 0.1) is 17.4 Å². The molecule has 29 heavy (non-hydrogen) atoms. The predicted molar refractivity (Wildman–Crippen MR) is 111 cm³/mol. The number of aromatic nitrogens is 2. The highest BCUT2D eigenvalue weighted by Gasteiger charge is 2.16. The first kappa shape index (κ1) is 19.1. The largest absolute Gasteiger partial charge is 0.411 e. The number of benzene rings is 3. The number of rotatable bonds is 6. The first-order valence-corrected chi connectivity index (χ1v) is 10.1. The second-order valence-corrected chi connectivity index (χ2v) is 7.43. The summed E-state index contributed by atoms with van der Waals surface area (Å²) < 4.78 is 19.3. The van der Waals surface area contributed by atoms with Crippen molar-refractivity contribution >= 4 is 28.4 Å². The van der Waals surface area contributed by atoms with Crippen LogP contribution in [0.4, 0.5) is 4.39 Å². The lowest BCUT2D eigenvalue weighted by Gasteiger charge is -2.16. The highest BCUT2D eigenvalue weighted by atomic mass is 32.2. The summed E-state index contributed by atoms with van der Waals surface area (Å²) in [5, 5.41) is 13.2. The Labute approximate surface area is 171 Å². The number of nitrogens with zero attached hydrogens (tertiary/aromatic N) is 2. The summed E-state index contributed by atoms with van der Waals surface area (Å²) >= 11 is 1.12. The monoisotopic (exact) mass is 407 g/mol. The molecule has 7 heteroatoms. The van der Waals surface area contributed by atoms with Gasteiger partial charge in [0.2, 0.25) is 5.91 Å². The van der Waals surface area contributed by atoms with Gasteiger partial charge in [-0.15, -0.1) is 10.2 Å². The third-order valence-corrected chi connectivity index (χ3v) is 5.32. The molecule has 0 unspecified atom stereocenters. The molecular formula is C22H18FN3O2S. The molecule has 3 aromatic carbocycles. The molecule has 4 aromatic rings. The van der Waals surface area contributed by atoms with Crippen molar-refractivity contribution in [2.75, 3.05) is 5.75 Å². The zero-order valence-electron chi connectivity index (χ0n) is 15.6. The quantitative estimate of drug-likeness (QED) is 0.456. The fourth-order valence-corrected chi connectivity index (χ4v) is 3.70. The van der Waals surface area contributed by atoms with Crippen molar-refractivity contribution in [3.63, 3.8) is 0 Å². The average molecular weight is 407 g/mol. The van der Waals surface area contributed by atoms with E-state index >= 15 is 0 Å². The number of nitrogens with one attached hydrogen (secondary N) is 1. The van der Waals surface area contributed by atoms with Crippen LogP contribution in [0.3, 0.4) is 0 Å². The summed E-state index contributed by atoms with van der Waals surface area (Å²) in [5.74, 6) is -0.376. The standard InChI is InChI=1S/C22H18FN3O2S/c1-14(16-11-6-8-15-7-2-3-9-17(15)16)24-20(27)13-29-22-26-25-21(28-22)18-10-4-5-12-19(18)23/h2-12,14H,13H2,1H3,(H,24,27)/t14-/m0/s1. The number of thioether (sulfide) groups is 1.